The van der Waals surface area contributed by atoms with E-state index in [0.29, 0.717) is 11.1 Å². The van der Waals surface area contributed by atoms with Crippen LogP contribution in [0.2, 0.25) is 0 Å². The molecule has 24 heavy (non-hydrogen) atoms. The van der Waals surface area contributed by atoms with Crippen molar-refractivity contribution in [2.45, 2.75) is 24.2 Å². The van der Waals surface area contributed by atoms with Gasteiger partial charge in [0.1, 0.15) is 6.29 Å². The maximum atomic E-state index is 11.9. The van der Waals surface area contributed by atoms with Crippen LogP contribution in [0.5, 0.6) is 0 Å². The SMILES string of the molecule is CCS(=O)(=O)c1ccc([C@H](CC=O)c2ccccc2C(N)=O)cc1. The van der Waals surface area contributed by atoms with Crippen molar-refractivity contribution in [2.75, 3.05) is 5.75 Å². The Morgan fingerprint density at radius 2 is 1.75 bits per heavy atom. The first kappa shape index (κ1) is 17.9. The molecule has 2 rings (SSSR count). The van der Waals surface area contributed by atoms with Gasteiger partial charge in [-0.2, -0.15) is 0 Å². The molecule has 0 saturated heterocycles. The fourth-order valence-electron chi connectivity index (χ4n) is 2.64. The summed E-state index contributed by atoms with van der Waals surface area (Å²) in [7, 11) is -3.28. The van der Waals surface area contributed by atoms with Crippen LogP contribution in [-0.2, 0) is 14.6 Å². The molecule has 6 heteroatoms. The van der Waals surface area contributed by atoms with Gasteiger partial charge in [0, 0.05) is 17.9 Å². The zero-order valence-corrected chi connectivity index (χ0v) is 14.1. The third kappa shape index (κ3) is 3.71. The Balaban J connectivity index is 2.49. The monoisotopic (exact) mass is 345 g/mol. The van der Waals surface area contributed by atoms with E-state index in [2.05, 4.69) is 0 Å². The van der Waals surface area contributed by atoms with Crippen molar-refractivity contribution in [3.63, 3.8) is 0 Å². The minimum atomic E-state index is -3.28. The van der Waals surface area contributed by atoms with Crippen LogP contribution in [0.1, 0.15) is 40.7 Å². The van der Waals surface area contributed by atoms with E-state index >= 15 is 0 Å². The summed E-state index contributed by atoms with van der Waals surface area (Å²) in [6.07, 6.45) is 0.948. The molecule has 0 fully saturated rings. The molecule has 0 aromatic heterocycles. The smallest absolute Gasteiger partial charge is 0.248 e. The predicted molar refractivity (Wildman–Crippen MR) is 91.7 cm³/mol. The van der Waals surface area contributed by atoms with Crippen LogP contribution in [0.15, 0.2) is 53.4 Å². The third-order valence-corrected chi connectivity index (χ3v) is 5.71. The number of hydrogen-bond donors (Lipinski definition) is 1. The molecule has 1 amide bonds. The second kappa shape index (κ2) is 7.40. The molecule has 126 valence electrons. The molecule has 1 atom stereocenters. The summed E-state index contributed by atoms with van der Waals surface area (Å²) in [6.45, 7) is 1.58. The fraction of sp³-hybridized carbons (Fsp3) is 0.222. The van der Waals surface area contributed by atoms with Crippen LogP contribution in [0.3, 0.4) is 0 Å². The average molecular weight is 345 g/mol. The number of rotatable bonds is 7. The molecule has 2 N–H and O–H groups in total. The van der Waals surface area contributed by atoms with E-state index in [-0.39, 0.29) is 23.0 Å². The minimum absolute atomic E-state index is 0.0224. The van der Waals surface area contributed by atoms with Gasteiger partial charge in [-0.25, -0.2) is 8.42 Å². The number of benzene rings is 2. The van der Waals surface area contributed by atoms with Crippen molar-refractivity contribution in [3.05, 3.63) is 65.2 Å². The Labute approximate surface area is 141 Å². The van der Waals surface area contributed by atoms with Gasteiger partial charge in [0.25, 0.3) is 0 Å². The molecule has 0 unspecified atom stereocenters. The number of primary amides is 1. The number of aldehydes is 1. The largest absolute Gasteiger partial charge is 0.366 e. The first-order chi connectivity index (χ1) is 11.4. The summed E-state index contributed by atoms with van der Waals surface area (Å²) in [6, 6.07) is 13.3. The van der Waals surface area contributed by atoms with E-state index in [1.807, 2.05) is 0 Å². The zero-order valence-electron chi connectivity index (χ0n) is 13.3. The lowest BCUT2D eigenvalue weighted by Crippen LogP contribution is -2.16. The maximum absolute atomic E-state index is 11.9. The van der Waals surface area contributed by atoms with Crippen LogP contribution in [0.4, 0.5) is 0 Å². The summed E-state index contributed by atoms with van der Waals surface area (Å²) in [5.74, 6) is -0.898. The number of amides is 1. The van der Waals surface area contributed by atoms with E-state index in [4.69, 9.17) is 5.73 Å². The minimum Gasteiger partial charge on any atom is -0.366 e. The molecule has 0 heterocycles. The Morgan fingerprint density at radius 3 is 2.29 bits per heavy atom. The highest BCUT2D eigenvalue weighted by Crippen LogP contribution is 2.30. The molecule has 0 radical (unpaired) electrons. The summed E-state index contributed by atoms with van der Waals surface area (Å²) in [5, 5.41) is 0. The van der Waals surface area contributed by atoms with Crippen molar-refractivity contribution < 1.29 is 18.0 Å². The molecule has 0 saturated carbocycles. The van der Waals surface area contributed by atoms with Gasteiger partial charge in [0.15, 0.2) is 9.84 Å². The Kier molecular flexibility index (Phi) is 5.51. The highest BCUT2D eigenvalue weighted by molar-refractivity contribution is 7.91. The van der Waals surface area contributed by atoms with E-state index in [9.17, 15) is 18.0 Å². The second-order valence-electron chi connectivity index (χ2n) is 5.38. The normalized spacial score (nSPS) is 12.5. The highest BCUT2D eigenvalue weighted by Gasteiger charge is 2.20. The van der Waals surface area contributed by atoms with Gasteiger partial charge in [-0.05, 0) is 29.3 Å². The first-order valence-electron chi connectivity index (χ1n) is 7.55. The van der Waals surface area contributed by atoms with Gasteiger partial charge in [-0.15, -0.1) is 0 Å². The predicted octanol–water partition coefficient (Wildman–Crippen LogP) is 2.30. The van der Waals surface area contributed by atoms with Gasteiger partial charge in [-0.1, -0.05) is 37.3 Å². The number of sulfone groups is 1. The molecule has 0 aliphatic rings. The van der Waals surface area contributed by atoms with Gasteiger partial charge in [-0.3, -0.25) is 4.79 Å². The quantitative estimate of drug-likeness (QED) is 0.779. The lowest BCUT2D eigenvalue weighted by molar-refractivity contribution is -0.108. The van der Waals surface area contributed by atoms with Crippen LogP contribution in [0, 0.1) is 0 Å². The van der Waals surface area contributed by atoms with E-state index < -0.39 is 15.7 Å². The van der Waals surface area contributed by atoms with Crippen molar-refractivity contribution in [1.29, 1.82) is 0 Å². The lowest BCUT2D eigenvalue weighted by atomic mass is 9.86. The maximum Gasteiger partial charge on any atom is 0.248 e. The first-order valence-corrected chi connectivity index (χ1v) is 9.21. The Bertz CT molecular complexity index is 842. The van der Waals surface area contributed by atoms with Gasteiger partial charge in [0.2, 0.25) is 5.91 Å². The molecule has 0 aliphatic heterocycles. The molecule has 0 aliphatic carbocycles. The Hall–Kier alpha value is -2.47. The molecular formula is C18H19NO4S. The van der Waals surface area contributed by atoms with Gasteiger partial charge < -0.3 is 10.5 Å². The molecular weight excluding hydrogens is 326 g/mol. The van der Waals surface area contributed by atoms with Crippen molar-refractivity contribution >= 4 is 22.0 Å². The van der Waals surface area contributed by atoms with Gasteiger partial charge in [0.05, 0.1) is 10.6 Å². The standard InChI is InChI=1S/C18H19NO4S/c1-2-24(22,23)14-9-7-13(8-10-14)15(11-12-20)16-5-3-4-6-17(16)18(19)21/h3-10,12,15H,2,11H2,1H3,(H2,19,21)/t15-/m0/s1. The fourth-order valence-corrected chi connectivity index (χ4v) is 3.52. The van der Waals surface area contributed by atoms with Crippen molar-refractivity contribution in [1.82, 2.24) is 0 Å². The topological polar surface area (TPSA) is 94.3 Å². The van der Waals surface area contributed by atoms with Crippen molar-refractivity contribution in [2.24, 2.45) is 5.73 Å². The van der Waals surface area contributed by atoms with Crippen molar-refractivity contribution in [3.8, 4) is 0 Å². The number of carbonyl (C=O) groups excluding carboxylic acids is 2. The van der Waals surface area contributed by atoms with E-state index in [1.54, 1.807) is 43.3 Å². The summed E-state index contributed by atoms with van der Waals surface area (Å²) >= 11 is 0. The number of nitrogens with two attached hydrogens (primary N) is 1. The Morgan fingerprint density at radius 1 is 1.12 bits per heavy atom. The van der Waals surface area contributed by atoms with Gasteiger partial charge >= 0.3 is 0 Å². The van der Waals surface area contributed by atoms with Crippen LogP contribution >= 0.6 is 0 Å². The van der Waals surface area contributed by atoms with Crippen LogP contribution in [0.25, 0.3) is 0 Å². The van der Waals surface area contributed by atoms with E-state index in [1.165, 1.54) is 12.1 Å². The molecule has 2 aromatic carbocycles. The van der Waals surface area contributed by atoms with E-state index in [0.717, 1.165) is 11.8 Å². The summed E-state index contributed by atoms with van der Waals surface area (Å²) < 4.78 is 23.8. The lowest BCUT2D eigenvalue weighted by Gasteiger charge is -2.18. The molecule has 0 spiro atoms. The summed E-state index contributed by atoms with van der Waals surface area (Å²) in [4.78, 5) is 23.0. The molecule has 0 bridgehead atoms. The number of carbonyl (C=O) groups is 2. The van der Waals surface area contributed by atoms with Crippen LogP contribution < -0.4 is 5.73 Å². The third-order valence-electron chi connectivity index (χ3n) is 3.96. The average Bonchev–Trinajstić information content (AvgIpc) is 2.60. The summed E-state index contributed by atoms with van der Waals surface area (Å²) in [5.41, 5.74) is 7.19. The molecule has 2 aromatic rings. The van der Waals surface area contributed by atoms with Crippen LogP contribution in [-0.4, -0.2) is 26.4 Å². The zero-order chi connectivity index (χ0) is 17.7. The molecule has 5 nitrogen and oxygen atoms in total. The highest BCUT2D eigenvalue weighted by atomic mass is 32.2. The number of hydrogen-bond acceptors (Lipinski definition) is 4. The second-order valence-corrected chi connectivity index (χ2v) is 7.66.